The highest BCUT2D eigenvalue weighted by Crippen LogP contribution is 2.40. The van der Waals surface area contributed by atoms with Crippen molar-refractivity contribution < 1.29 is 4.79 Å². The number of nitrogens with two attached hydrogens (primary N) is 1. The number of aliphatic imine (C=N–C) groups is 1. The van der Waals surface area contributed by atoms with E-state index in [0.29, 0.717) is 23.1 Å². The second kappa shape index (κ2) is 7.43. The summed E-state index contributed by atoms with van der Waals surface area (Å²) in [6.07, 6.45) is 0.326. The molecule has 9 heteroatoms. The van der Waals surface area contributed by atoms with E-state index < -0.39 is 11.9 Å². The van der Waals surface area contributed by atoms with E-state index in [4.69, 9.17) is 22.3 Å². The van der Waals surface area contributed by atoms with Crippen LogP contribution in [0.2, 0.25) is 5.02 Å². The minimum absolute atomic E-state index is 0.0221. The molecule has 29 heavy (non-hydrogen) atoms. The highest BCUT2D eigenvalue weighted by Gasteiger charge is 2.32. The topological polar surface area (TPSA) is 110 Å². The largest absolute Gasteiger partial charge is 0.370 e. The second-order valence-corrected chi connectivity index (χ2v) is 8.30. The van der Waals surface area contributed by atoms with E-state index in [-0.39, 0.29) is 6.42 Å². The molecule has 1 aliphatic rings. The summed E-state index contributed by atoms with van der Waals surface area (Å²) in [4.78, 5) is 17.6. The van der Waals surface area contributed by atoms with Gasteiger partial charge in [0.2, 0.25) is 5.91 Å². The highest BCUT2D eigenvalue weighted by atomic mass is 35.5. The molecule has 4 rings (SSSR count). The first kappa shape index (κ1) is 19.3. The van der Waals surface area contributed by atoms with Gasteiger partial charge in [0.15, 0.2) is 5.82 Å². The van der Waals surface area contributed by atoms with Gasteiger partial charge in [-0.05, 0) is 31.5 Å². The van der Waals surface area contributed by atoms with Crippen LogP contribution in [0, 0.1) is 25.2 Å². The minimum atomic E-state index is -0.558. The van der Waals surface area contributed by atoms with Crippen LogP contribution in [0.3, 0.4) is 0 Å². The smallest absolute Gasteiger partial charge is 0.220 e. The number of hydrogen-bond donors (Lipinski definition) is 1. The molecule has 1 amide bonds. The number of benzene rings is 1. The number of halogens is 1. The quantitative estimate of drug-likeness (QED) is 0.691. The molecule has 0 bridgehead atoms. The lowest BCUT2D eigenvalue weighted by Gasteiger charge is -2.11. The maximum absolute atomic E-state index is 11.7. The normalized spacial score (nSPS) is 15.1. The number of carbonyl (C=O) groups is 1. The Balaban J connectivity index is 2.04. The van der Waals surface area contributed by atoms with Gasteiger partial charge in [0.25, 0.3) is 0 Å². The van der Waals surface area contributed by atoms with Crippen molar-refractivity contribution >= 4 is 34.6 Å². The first-order chi connectivity index (χ1) is 13.9. The Morgan fingerprint density at radius 3 is 2.69 bits per heavy atom. The molecule has 1 aliphatic heterocycles. The SMILES string of the molecule is Cc1c(CC#N)sc2c1C(c1ccc(Cl)cc1)=N[C@@H](CC(N)=O)c1nnc(C)n1-2. The molecule has 2 aromatic heterocycles. The zero-order chi connectivity index (χ0) is 20.7. The van der Waals surface area contributed by atoms with Crippen molar-refractivity contribution in [1.82, 2.24) is 14.8 Å². The minimum Gasteiger partial charge on any atom is -0.370 e. The summed E-state index contributed by atoms with van der Waals surface area (Å²) < 4.78 is 1.92. The molecule has 146 valence electrons. The Hall–Kier alpha value is -3.02. The molecule has 0 unspecified atom stereocenters. The van der Waals surface area contributed by atoms with Gasteiger partial charge in [-0.1, -0.05) is 23.7 Å². The van der Waals surface area contributed by atoms with E-state index in [1.165, 1.54) is 11.3 Å². The highest BCUT2D eigenvalue weighted by molar-refractivity contribution is 7.15. The molecule has 3 aromatic rings. The number of nitrogens with zero attached hydrogens (tertiary/aromatic N) is 5. The first-order valence-electron chi connectivity index (χ1n) is 8.94. The molecule has 0 saturated heterocycles. The average Bonchev–Trinajstić information content (AvgIpc) is 3.16. The van der Waals surface area contributed by atoms with Crippen molar-refractivity contribution in [2.45, 2.75) is 32.7 Å². The van der Waals surface area contributed by atoms with Crippen LogP contribution < -0.4 is 5.73 Å². The van der Waals surface area contributed by atoms with E-state index >= 15 is 0 Å². The van der Waals surface area contributed by atoms with E-state index in [1.54, 1.807) is 12.1 Å². The first-order valence-corrected chi connectivity index (χ1v) is 10.1. The van der Waals surface area contributed by atoms with Crippen LogP contribution in [0.15, 0.2) is 29.3 Å². The lowest BCUT2D eigenvalue weighted by atomic mass is 9.99. The van der Waals surface area contributed by atoms with E-state index in [9.17, 15) is 10.1 Å². The van der Waals surface area contributed by atoms with Gasteiger partial charge in [0.05, 0.1) is 24.6 Å². The van der Waals surface area contributed by atoms with E-state index in [0.717, 1.165) is 32.3 Å². The van der Waals surface area contributed by atoms with Gasteiger partial charge in [-0.15, -0.1) is 21.5 Å². The van der Waals surface area contributed by atoms with Crippen molar-refractivity contribution in [2.75, 3.05) is 0 Å². The third-order valence-electron chi connectivity index (χ3n) is 4.85. The molecule has 1 aromatic carbocycles. The predicted octanol–water partition coefficient (Wildman–Crippen LogP) is 3.43. The van der Waals surface area contributed by atoms with Crippen LogP contribution in [0.4, 0.5) is 0 Å². The Labute approximate surface area is 176 Å². The zero-order valence-electron chi connectivity index (χ0n) is 15.8. The fourth-order valence-electron chi connectivity index (χ4n) is 3.50. The van der Waals surface area contributed by atoms with Gasteiger partial charge in [-0.3, -0.25) is 14.4 Å². The van der Waals surface area contributed by atoms with Crippen LogP contribution >= 0.6 is 22.9 Å². The molecule has 1 atom stereocenters. The molecule has 0 aliphatic carbocycles. The van der Waals surface area contributed by atoms with Crippen LogP contribution in [0.5, 0.6) is 0 Å². The summed E-state index contributed by atoms with van der Waals surface area (Å²) >= 11 is 7.60. The zero-order valence-corrected chi connectivity index (χ0v) is 17.4. The lowest BCUT2D eigenvalue weighted by Crippen LogP contribution is -2.17. The van der Waals surface area contributed by atoms with Crippen molar-refractivity contribution in [3.05, 3.63) is 62.5 Å². The maximum atomic E-state index is 11.7. The Bertz CT molecular complexity index is 1190. The summed E-state index contributed by atoms with van der Waals surface area (Å²) in [5, 5.41) is 19.3. The van der Waals surface area contributed by atoms with E-state index in [1.807, 2.05) is 30.5 Å². The number of thiophene rings is 1. The summed E-state index contributed by atoms with van der Waals surface area (Å²) in [5.74, 6) is 0.790. The third kappa shape index (κ3) is 3.33. The van der Waals surface area contributed by atoms with Gasteiger partial charge in [-0.2, -0.15) is 5.26 Å². The van der Waals surface area contributed by atoms with Gasteiger partial charge in [0, 0.05) is 21.0 Å². The number of aryl methyl sites for hydroxylation is 1. The maximum Gasteiger partial charge on any atom is 0.220 e. The monoisotopic (exact) mass is 424 g/mol. The molecular formula is C20H17ClN6OS. The van der Waals surface area contributed by atoms with Crippen molar-refractivity contribution in [3.8, 4) is 11.1 Å². The van der Waals surface area contributed by atoms with Gasteiger partial charge in [0.1, 0.15) is 16.9 Å². The average molecular weight is 425 g/mol. The number of fused-ring (bicyclic) bond motifs is 3. The summed E-state index contributed by atoms with van der Waals surface area (Å²) in [7, 11) is 0. The molecule has 2 N–H and O–H groups in total. The van der Waals surface area contributed by atoms with Crippen molar-refractivity contribution in [1.29, 1.82) is 5.26 Å². The van der Waals surface area contributed by atoms with Gasteiger partial charge >= 0.3 is 0 Å². The molecule has 7 nitrogen and oxygen atoms in total. The molecular weight excluding hydrogens is 408 g/mol. The number of aromatic nitrogens is 3. The number of amides is 1. The van der Waals surface area contributed by atoms with Crippen LogP contribution in [0.1, 0.15) is 45.7 Å². The van der Waals surface area contributed by atoms with Crippen molar-refractivity contribution in [2.24, 2.45) is 10.7 Å². The number of nitriles is 1. The summed E-state index contributed by atoms with van der Waals surface area (Å²) in [6.45, 7) is 3.84. The van der Waals surface area contributed by atoms with Gasteiger partial charge in [-0.25, -0.2) is 0 Å². The Kier molecular flexibility index (Phi) is 4.94. The van der Waals surface area contributed by atoms with Crippen LogP contribution in [0.25, 0.3) is 5.00 Å². The predicted molar refractivity (Wildman–Crippen MR) is 112 cm³/mol. The second-order valence-electron chi connectivity index (χ2n) is 6.78. The van der Waals surface area contributed by atoms with Crippen LogP contribution in [-0.2, 0) is 11.2 Å². The van der Waals surface area contributed by atoms with Gasteiger partial charge < -0.3 is 5.73 Å². The molecule has 0 fully saturated rings. The van der Waals surface area contributed by atoms with E-state index in [2.05, 4.69) is 16.3 Å². The van der Waals surface area contributed by atoms with Crippen LogP contribution in [-0.4, -0.2) is 26.4 Å². The molecule has 3 heterocycles. The molecule has 0 spiro atoms. The fourth-order valence-corrected chi connectivity index (χ4v) is 4.92. The third-order valence-corrected chi connectivity index (χ3v) is 6.38. The number of hydrogen-bond acceptors (Lipinski definition) is 6. The Morgan fingerprint density at radius 1 is 1.31 bits per heavy atom. The number of carbonyl (C=O) groups excluding carboxylic acids is 1. The molecule has 0 saturated carbocycles. The van der Waals surface area contributed by atoms with Crippen molar-refractivity contribution in [3.63, 3.8) is 0 Å². The standard InChI is InChI=1S/C20H17ClN6OS/c1-10-15(7-8-22)29-20-17(10)18(12-3-5-13(21)6-4-12)24-14(9-16(23)28)19-26-25-11(2)27(19)20/h3-6,14H,7,9H2,1-2H3,(H2,23,28)/t14-/m0/s1. The lowest BCUT2D eigenvalue weighted by molar-refractivity contribution is -0.118. The summed E-state index contributed by atoms with van der Waals surface area (Å²) in [6, 6.07) is 9.07. The molecule has 0 radical (unpaired) electrons. The number of primary amides is 1. The summed E-state index contributed by atoms with van der Waals surface area (Å²) in [5.41, 5.74) is 8.99. The fraction of sp³-hybridized carbons (Fsp3) is 0.250. The Morgan fingerprint density at radius 2 is 2.03 bits per heavy atom. The number of rotatable bonds is 4.